The van der Waals surface area contributed by atoms with Gasteiger partial charge in [0.2, 0.25) is 5.91 Å². The van der Waals surface area contributed by atoms with Crippen LogP contribution in [0.2, 0.25) is 0 Å². The third kappa shape index (κ3) is 3.94. The fourth-order valence-corrected chi connectivity index (χ4v) is 2.24. The van der Waals surface area contributed by atoms with Crippen molar-refractivity contribution < 1.29 is 4.79 Å². The second-order valence-electron chi connectivity index (χ2n) is 5.44. The maximum atomic E-state index is 12.2. The van der Waals surface area contributed by atoms with Crippen LogP contribution in [0.3, 0.4) is 0 Å². The summed E-state index contributed by atoms with van der Waals surface area (Å²) < 4.78 is 1.17. The van der Waals surface area contributed by atoms with Gasteiger partial charge in [0.15, 0.2) is 0 Å². The molecule has 0 aliphatic heterocycles. The van der Waals surface area contributed by atoms with Crippen molar-refractivity contribution in [3.63, 3.8) is 0 Å². The second-order valence-corrected chi connectivity index (χ2v) is 5.44. The highest BCUT2D eigenvalue weighted by atomic mass is 16.2. The number of carbonyl (C=O) groups excluding carboxylic acids is 1. The summed E-state index contributed by atoms with van der Waals surface area (Å²) in [6.45, 7) is 3.90. The molecule has 1 unspecified atom stereocenters. The molecule has 1 amide bonds. The molecule has 0 bridgehead atoms. The first-order valence-electron chi connectivity index (χ1n) is 7.11. The number of rotatable bonds is 5. The largest absolute Gasteiger partial charge is 0.347 e. The number of aromatic amines is 1. The molecule has 6 nitrogen and oxygen atoms in total. The molecule has 0 spiro atoms. The summed E-state index contributed by atoms with van der Waals surface area (Å²) in [4.78, 5) is 36.9. The molecular weight excluding hydrogens is 282 g/mol. The van der Waals surface area contributed by atoms with Gasteiger partial charge in [-0.3, -0.25) is 19.1 Å². The van der Waals surface area contributed by atoms with E-state index in [1.54, 1.807) is 0 Å². The van der Waals surface area contributed by atoms with Crippen molar-refractivity contribution in [2.24, 2.45) is 5.92 Å². The molecule has 6 heteroatoms. The highest BCUT2D eigenvalue weighted by Crippen LogP contribution is 2.21. The zero-order valence-corrected chi connectivity index (χ0v) is 12.6. The Balaban J connectivity index is 2.12. The summed E-state index contributed by atoms with van der Waals surface area (Å²) >= 11 is 0. The van der Waals surface area contributed by atoms with Gasteiger partial charge in [-0.25, -0.2) is 4.79 Å². The van der Waals surface area contributed by atoms with E-state index in [-0.39, 0.29) is 24.4 Å². The average molecular weight is 301 g/mol. The molecule has 22 heavy (non-hydrogen) atoms. The maximum Gasteiger partial charge on any atom is 0.328 e. The normalized spacial score (nSPS) is 12.1. The highest BCUT2D eigenvalue weighted by Gasteiger charge is 2.18. The van der Waals surface area contributed by atoms with Crippen LogP contribution in [0.15, 0.2) is 52.2 Å². The number of hydrogen-bond acceptors (Lipinski definition) is 3. The lowest BCUT2D eigenvalue weighted by atomic mass is 9.96. The van der Waals surface area contributed by atoms with Crippen LogP contribution in [0.5, 0.6) is 0 Å². The van der Waals surface area contributed by atoms with Crippen molar-refractivity contribution in [3.8, 4) is 0 Å². The zero-order chi connectivity index (χ0) is 16.1. The zero-order valence-electron chi connectivity index (χ0n) is 12.6. The second kappa shape index (κ2) is 6.89. The van der Waals surface area contributed by atoms with E-state index in [9.17, 15) is 14.4 Å². The van der Waals surface area contributed by atoms with E-state index in [4.69, 9.17) is 0 Å². The maximum absolute atomic E-state index is 12.2. The first-order chi connectivity index (χ1) is 10.5. The van der Waals surface area contributed by atoms with Crippen molar-refractivity contribution in [3.05, 3.63) is 69.0 Å². The van der Waals surface area contributed by atoms with Gasteiger partial charge < -0.3 is 5.32 Å². The lowest BCUT2D eigenvalue weighted by Gasteiger charge is -2.23. The Morgan fingerprint density at radius 2 is 1.86 bits per heavy atom. The van der Waals surface area contributed by atoms with Crippen LogP contribution in [0, 0.1) is 5.92 Å². The molecule has 0 saturated carbocycles. The van der Waals surface area contributed by atoms with Crippen LogP contribution in [-0.2, 0) is 11.3 Å². The topological polar surface area (TPSA) is 84.0 Å². The van der Waals surface area contributed by atoms with Gasteiger partial charge in [-0.1, -0.05) is 44.2 Å². The van der Waals surface area contributed by atoms with E-state index in [1.807, 2.05) is 44.2 Å². The van der Waals surface area contributed by atoms with Gasteiger partial charge in [0.25, 0.3) is 5.56 Å². The van der Waals surface area contributed by atoms with E-state index in [1.165, 1.54) is 16.8 Å². The molecule has 0 fully saturated rings. The highest BCUT2D eigenvalue weighted by molar-refractivity contribution is 5.76. The van der Waals surface area contributed by atoms with Crippen molar-refractivity contribution in [1.29, 1.82) is 0 Å². The first kappa shape index (κ1) is 15.8. The molecule has 0 aliphatic carbocycles. The van der Waals surface area contributed by atoms with Crippen molar-refractivity contribution in [2.45, 2.75) is 26.4 Å². The number of aromatic nitrogens is 2. The van der Waals surface area contributed by atoms with Crippen LogP contribution in [-0.4, -0.2) is 15.5 Å². The van der Waals surface area contributed by atoms with Crippen LogP contribution in [0.4, 0.5) is 0 Å². The summed E-state index contributed by atoms with van der Waals surface area (Å²) in [5.74, 6) is -0.0737. The lowest BCUT2D eigenvalue weighted by molar-refractivity contribution is -0.122. The molecule has 1 aromatic heterocycles. The summed E-state index contributed by atoms with van der Waals surface area (Å²) in [5.41, 5.74) is -0.0610. The molecule has 1 atom stereocenters. The van der Waals surface area contributed by atoms with Crippen LogP contribution in [0.25, 0.3) is 0 Å². The smallest absolute Gasteiger partial charge is 0.328 e. The van der Waals surface area contributed by atoms with E-state index < -0.39 is 11.2 Å². The van der Waals surface area contributed by atoms with E-state index in [0.717, 1.165) is 5.56 Å². The van der Waals surface area contributed by atoms with E-state index in [0.29, 0.717) is 0 Å². The van der Waals surface area contributed by atoms with Gasteiger partial charge in [0.05, 0.1) is 6.04 Å². The number of nitrogens with zero attached hydrogens (tertiary/aromatic N) is 1. The SMILES string of the molecule is CC(C)C(NC(=O)Cn1ccc(=O)[nH]c1=O)c1ccccc1. The molecule has 0 saturated heterocycles. The number of carbonyl (C=O) groups is 1. The molecule has 1 heterocycles. The van der Waals surface area contributed by atoms with Crippen LogP contribution < -0.4 is 16.6 Å². The van der Waals surface area contributed by atoms with Gasteiger partial charge >= 0.3 is 5.69 Å². The quantitative estimate of drug-likeness (QED) is 0.866. The number of nitrogens with one attached hydrogen (secondary N) is 2. The Morgan fingerprint density at radius 1 is 1.18 bits per heavy atom. The summed E-state index contributed by atoms with van der Waals surface area (Å²) in [6.07, 6.45) is 1.31. The Kier molecular flexibility index (Phi) is 4.93. The monoisotopic (exact) mass is 301 g/mol. The Hall–Kier alpha value is -2.63. The lowest BCUT2D eigenvalue weighted by Crippen LogP contribution is -2.38. The third-order valence-electron chi connectivity index (χ3n) is 3.35. The fraction of sp³-hybridized carbons (Fsp3) is 0.312. The molecule has 1 aromatic carbocycles. The molecular formula is C16H19N3O3. The van der Waals surface area contributed by atoms with Gasteiger partial charge in [-0.2, -0.15) is 0 Å². The predicted octanol–water partition coefficient (Wildman–Crippen LogP) is 1.05. The van der Waals surface area contributed by atoms with Gasteiger partial charge in [0.1, 0.15) is 6.54 Å². The number of amides is 1. The molecule has 2 aromatic rings. The first-order valence-corrected chi connectivity index (χ1v) is 7.11. The Labute approximate surface area is 127 Å². The summed E-state index contributed by atoms with van der Waals surface area (Å²) in [5, 5.41) is 2.93. The minimum absolute atomic E-state index is 0.132. The summed E-state index contributed by atoms with van der Waals surface area (Å²) in [6, 6.07) is 10.8. The average Bonchev–Trinajstić information content (AvgIpc) is 2.48. The summed E-state index contributed by atoms with van der Waals surface area (Å²) in [7, 11) is 0. The van der Waals surface area contributed by atoms with Crippen LogP contribution >= 0.6 is 0 Å². The fourth-order valence-electron chi connectivity index (χ4n) is 2.24. The molecule has 116 valence electrons. The predicted molar refractivity (Wildman–Crippen MR) is 83.5 cm³/mol. The van der Waals surface area contributed by atoms with Gasteiger partial charge in [-0.05, 0) is 11.5 Å². The van der Waals surface area contributed by atoms with Gasteiger partial charge in [-0.15, -0.1) is 0 Å². The van der Waals surface area contributed by atoms with Gasteiger partial charge in [0, 0.05) is 12.3 Å². The minimum Gasteiger partial charge on any atom is -0.347 e. The standard InChI is InChI=1S/C16H19N3O3/c1-11(2)15(12-6-4-3-5-7-12)17-14(21)10-19-9-8-13(20)18-16(19)22/h3-9,11,15H,10H2,1-2H3,(H,17,21)(H,18,20,22). The minimum atomic E-state index is -0.594. The van der Waals surface area contributed by atoms with Crippen LogP contribution in [0.1, 0.15) is 25.5 Å². The number of benzene rings is 1. The number of hydrogen-bond donors (Lipinski definition) is 2. The molecule has 0 radical (unpaired) electrons. The Bertz CT molecular complexity index is 747. The van der Waals surface area contributed by atoms with Crippen molar-refractivity contribution >= 4 is 5.91 Å². The molecule has 2 N–H and O–H groups in total. The van der Waals surface area contributed by atoms with E-state index in [2.05, 4.69) is 10.3 Å². The molecule has 0 aliphatic rings. The van der Waals surface area contributed by atoms with Crippen molar-refractivity contribution in [2.75, 3.05) is 0 Å². The van der Waals surface area contributed by atoms with Crippen molar-refractivity contribution in [1.82, 2.24) is 14.9 Å². The third-order valence-corrected chi connectivity index (χ3v) is 3.35. The number of H-pyrrole nitrogens is 1. The molecule has 2 rings (SSSR count). The van der Waals surface area contributed by atoms with E-state index >= 15 is 0 Å². The Morgan fingerprint density at radius 3 is 2.45 bits per heavy atom.